The molecule has 0 aliphatic carbocycles. The average molecular weight is 400 g/mol. The molecule has 162 valence electrons. The molecular weight excluding hydrogens is 357 g/mol. The molecule has 0 saturated heterocycles. The molecule has 0 unspecified atom stereocenters. The Morgan fingerprint density at radius 3 is 1.83 bits per heavy atom. The number of rotatable bonds is 8. The van der Waals surface area contributed by atoms with Crippen molar-refractivity contribution in [3.8, 4) is 0 Å². The van der Waals surface area contributed by atoms with Crippen LogP contribution in [0.25, 0.3) is 0 Å². The monoisotopic (exact) mass is 399 g/mol. The van der Waals surface area contributed by atoms with E-state index in [0.29, 0.717) is 0 Å². The highest BCUT2D eigenvalue weighted by Crippen LogP contribution is 2.15. The van der Waals surface area contributed by atoms with Gasteiger partial charge in [-0.15, -0.1) is 0 Å². The fraction of sp³-hybridized carbons (Fsp3) is 0.444. The van der Waals surface area contributed by atoms with Gasteiger partial charge in [0.1, 0.15) is 5.82 Å². The normalized spacial score (nSPS) is 10.4. The molecule has 0 radical (unpaired) electrons. The van der Waals surface area contributed by atoms with Gasteiger partial charge in [0.25, 0.3) is 0 Å². The Morgan fingerprint density at radius 1 is 1.00 bits per heavy atom. The van der Waals surface area contributed by atoms with E-state index in [1.165, 1.54) is 49.8 Å². The molecule has 2 heteroatoms. The summed E-state index contributed by atoms with van der Waals surface area (Å²) >= 11 is 0. The van der Waals surface area contributed by atoms with Crippen LogP contribution >= 0.6 is 0 Å². The number of benzene rings is 1. The van der Waals surface area contributed by atoms with E-state index in [0.717, 1.165) is 22.4 Å². The lowest BCUT2D eigenvalue weighted by Gasteiger charge is -2.02. The first-order valence-electron chi connectivity index (χ1n) is 10.6. The first-order chi connectivity index (χ1) is 13.7. The van der Waals surface area contributed by atoms with Crippen molar-refractivity contribution >= 4 is 6.21 Å². The highest BCUT2D eigenvalue weighted by molar-refractivity contribution is 5.57. The number of halogens is 1. The predicted molar refractivity (Wildman–Crippen MR) is 131 cm³/mol. The molecule has 0 aliphatic heterocycles. The van der Waals surface area contributed by atoms with Gasteiger partial charge < -0.3 is 0 Å². The van der Waals surface area contributed by atoms with Gasteiger partial charge in [0.05, 0.1) is 5.70 Å². The van der Waals surface area contributed by atoms with Gasteiger partial charge in [-0.3, -0.25) is 4.99 Å². The van der Waals surface area contributed by atoms with Gasteiger partial charge in [-0.1, -0.05) is 94.0 Å². The summed E-state index contributed by atoms with van der Waals surface area (Å²) in [5, 5.41) is 0. The topological polar surface area (TPSA) is 12.4 Å². The minimum atomic E-state index is -0.171. The van der Waals surface area contributed by atoms with Crippen molar-refractivity contribution in [2.24, 2.45) is 4.99 Å². The molecule has 0 fully saturated rings. The molecule has 0 heterocycles. The van der Waals surface area contributed by atoms with Gasteiger partial charge in [-0.05, 0) is 58.4 Å². The highest BCUT2D eigenvalue weighted by atomic mass is 19.1. The van der Waals surface area contributed by atoms with Crippen LogP contribution in [0.1, 0.15) is 79.2 Å². The Morgan fingerprint density at radius 2 is 1.52 bits per heavy atom. The summed E-state index contributed by atoms with van der Waals surface area (Å²) in [7, 11) is 0. The first kappa shape index (κ1) is 29.0. The van der Waals surface area contributed by atoms with Crippen LogP contribution < -0.4 is 0 Å². The van der Waals surface area contributed by atoms with Crippen molar-refractivity contribution in [3.63, 3.8) is 0 Å². The quantitative estimate of drug-likeness (QED) is 0.235. The maximum Gasteiger partial charge on any atom is 0.123 e. The van der Waals surface area contributed by atoms with Crippen LogP contribution in [0, 0.1) is 12.7 Å². The van der Waals surface area contributed by atoms with Crippen molar-refractivity contribution in [3.05, 3.63) is 83.4 Å². The lowest BCUT2D eigenvalue weighted by Crippen LogP contribution is -1.84. The molecule has 0 saturated carbocycles. The van der Waals surface area contributed by atoms with Gasteiger partial charge >= 0.3 is 0 Å². The van der Waals surface area contributed by atoms with Crippen LogP contribution in [0.15, 0.2) is 77.0 Å². The van der Waals surface area contributed by atoms with E-state index >= 15 is 0 Å². The molecule has 1 aromatic carbocycles. The van der Waals surface area contributed by atoms with Gasteiger partial charge in [-0.25, -0.2) is 4.39 Å². The number of hydrogen-bond acceptors (Lipinski definition) is 1. The molecule has 29 heavy (non-hydrogen) atoms. The third kappa shape index (κ3) is 17.6. The second-order valence-corrected chi connectivity index (χ2v) is 7.21. The van der Waals surface area contributed by atoms with Crippen LogP contribution in [0.2, 0.25) is 0 Å². The molecule has 0 spiro atoms. The Labute approximate surface area is 179 Å². The summed E-state index contributed by atoms with van der Waals surface area (Å²) in [5.41, 5.74) is 5.29. The largest absolute Gasteiger partial charge is 0.262 e. The van der Waals surface area contributed by atoms with Gasteiger partial charge in [-0.2, -0.15) is 0 Å². The molecule has 1 nitrogen and oxygen atoms in total. The predicted octanol–water partition coefficient (Wildman–Crippen LogP) is 9.17. The average Bonchev–Trinajstić information content (AvgIpc) is 2.68. The number of nitrogens with zero attached hydrogens (tertiary/aromatic N) is 1. The first-order valence-corrected chi connectivity index (χ1v) is 10.6. The molecule has 0 amide bonds. The van der Waals surface area contributed by atoms with Gasteiger partial charge in [0.15, 0.2) is 0 Å². The Balaban J connectivity index is 0. The zero-order valence-corrected chi connectivity index (χ0v) is 19.8. The summed E-state index contributed by atoms with van der Waals surface area (Å²) in [6, 6.07) is 6.40. The van der Waals surface area contributed by atoms with Gasteiger partial charge in [0.2, 0.25) is 0 Å². The fourth-order valence-corrected chi connectivity index (χ4v) is 2.16. The molecular formula is C27H42FN. The van der Waals surface area contributed by atoms with Crippen LogP contribution in [-0.4, -0.2) is 6.21 Å². The van der Waals surface area contributed by atoms with Crippen LogP contribution in [-0.2, 0) is 0 Å². The second-order valence-electron chi connectivity index (χ2n) is 7.21. The summed E-state index contributed by atoms with van der Waals surface area (Å²) in [4.78, 5) is 4.28. The highest BCUT2D eigenvalue weighted by Gasteiger charge is 1.96. The number of aryl methyl sites for hydroxylation is 1. The number of allylic oxidation sites excluding steroid dienone is 5. The summed E-state index contributed by atoms with van der Waals surface area (Å²) in [6.07, 6.45) is 12.6. The molecule has 0 N–H and O–H groups in total. The molecule has 1 aromatic rings. The standard InChI is InChI=1S/C13H19N.C7H7F.C7H16/c1-7-12(10(3)4)9-13(11(5)6)14-8-2;1-6-2-4-7(8)5-3-6;1-3-5-7-6-4-2/h7-9H,1,3H2,2,4-6H3;2-5H,1H3;3-7H2,1-2H3/b12-9+,14-8?;;. The third-order valence-corrected chi connectivity index (χ3v) is 4.00. The van der Waals surface area contributed by atoms with E-state index in [2.05, 4.69) is 32.0 Å². The summed E-state index contributed by atoms with van der Waals surface area (Å²) in [6.45, 7) is 22.0. The van der Waals surface area contributed by atoms with Crippen molar-refractivity contribution < 1.29 is 4.39 Å². The van der Waals surface area contributed by atoms with Crippen molar-refractivity contribution in [1.82, 2.24) is 0 Å². The lowest BCUT2D eigenvalue weighted by atomic mass is 10.1. The van der Waals surface area contributed by atoms with Crippen LogP contribution in [0.3, 0.4) is 0 Å². The number of hydrogen-bond donors (Lipinski definition) is 0. The van der Waals surface area contributed by atoms with E-state index < -0.39 is 0 Å². The fourth-order valence-electron chi connectivity index (χ4n) is 2.16. The SMILES string of the molecule is C=C/C(=C\C(N=CC)=C(C)C)C(=C)C.CCCCCCC.Cc1ccc(F)cc1. The van der Waals surface area contributed by atoms with Crippen molar-refractivity contribution in [1.29, 1.82) is 0 Å². The third-order valence-electron chi connectivity index (χ3n) is 4.00. The zero-order valence-electron chi connectivity index (χ0n) is 19.8. The van der Waals surface area contributed by atoms with E-state index in [9.17, 15) is 4.39 Å². The Kier molecular flexibility index (Phi) is 19.1. The second kappa shape index (κ2) is 19.1. The zero-order chi connectivity index (χ0) is 22.7. The molecule has 0 bridgehead atoms. The minimum absolute atomic E-state index is 0.171. The molecule has 0 aliphatic rings. The van der Waals surface area contributed by atoms with Crippen molar-refractivity contribution in [2.45, 2.75) is 80.6 Å². The smallest absolute Gasteiger partial charge is 0.123 e. The van der Waals surface area contributed by atoms with Gasteiger partial charge in [0, 0.05) is 6.21 Å². The molecule has 0 aromatic heterocycles. The number of unbranched alkanes of at least 4 members (excludes halogenated alkanes) is 4. The van der Waals surface area contributed by atoms with E-state index in [4.69, 9.17) is 0 Å². The lowest BCUT2D eigenvalue weighted by molar-refractivity contribution is 0.627. The Hall–Kier alpha value is -2.22. The summed E-state index contributed by atoms with van der Waals surface area (Å²) < 4.78 is 12.1. The van der Waals surface area contributed by atoms with Crippen LogP contribution in [0.5, 0.6) is 0 Å². The number of aliphatic imine (C=N–C) groups is 1. The summed E-state index contributed by atoms with van der Waals surface area (Å²) in [5.74, 6) is -0.171. The van der Waals surface area contributed by atoms with E-state index in [1.807, 2.05) is 40.7 Å². The molecule has 0 atom stereocenters. The maximum absolute atomic E-state index is 12.1. The van der Waals surface area contributed by atoms with E-state index in [-0.39, 0.29) is 5.82 Å². The van der Waals surface area contributed by atoms with Crippen molar-refractivity contribution in [2.75, 3.05) is 0 Å². The van der Waals surface area contributed by atoms with Crippen LogP contribution in [0.4, 0.5) is 4.39 Å². The Bertz CT molecular complexity index is 631. The maximum atomic E-state index is 12.1. The molecule has 1 rings (SSSR count). The minimum Gasteiger partial charge on any atom is -0.262 e. The van der Waals surface area contributed by atoms with E-state index in [1.54, 1.807) is 24.4 Å².